The van der Waals surface area contributed by atoms with E-state index in [9.17, 15) is 9.59 Å². The molecule has 0 bridgehead atoms. The molecule has 142 valence electrons. The average molecular weight is 366 g/mol. The zero-order valence-corrected chi connectivity index (χ0v) is 15.9. The van der Waals surface area contributed by atoms with Crippen molar-refractivity contribution in [3.63, 3.8) is 0 Å². The van der Waals surface area contributed by atoms with Gasteiger partial charge in [0, 0.05) is 25.6 Å². The van der Waals surface area contributed by atoms with Gasteiger partial charge in [0.2, 0.25) is 11.8 Å². The maximum absolute atomic E-state index is 12.4. The van der Waals surface area contributed by atoms with Gasteiger partial charge in [-0.05, 0) is 37.1 Å². The first-order valence-electron chi connectivity index (χ1n) is 9.36. The molecule has 5 heteroatoms. The largest absolute Gasteiger partial charge is 0.489 e. The Morgan fingerprint density at radius 2 is 1.89 bits per heavy atom. The summed E-state index contributed by atoms with van der Waals surface area (Å²) in [5, 5.41) is 2.96. The molecule has 1 aliphatic rings. The Morgan fingerprint density at radius 1 is 1.15 bits per heavy atom. The molecule has 1 N–H and O–H groups in total. The summed E-state index contributed by atoms with van der Waals surface area (Å²) in [6.07, 6.45) is 0.301. The molecule has 1 saturated heterocycles. The highest BCUT2D eigenvalue weighted by atomic mass is 16.5. The lowest BCUT2D eigenvalue weighted by molar-refractivity contribution is -0.129. The second-order valence-corrected chi connectivity index (χ2v) is 7.18. The van der Waals surface area contributed by atoms with Gasteiger partial charge >= 0.3 is 0 Å². The van der Waals surface area contributed by atoms with E-state index < -0.39 is 0 Å². The number of ether oxygens (including phenoxy) is 1. The molecule has 1 heterocycles. The highest BCUT2D eigenvalue weighted by Crippen LogP contribution is 2.20. The molecule has 0 spiro atoms. The van der Waals surface area contributed by atoms with Crippen LogP contribution in [0, 0.1) is 5.92 Å². The third-order valence-corrected chi connectivity index (χ3v) is 4.76. The highest BCUT2D eigenvalue weighted by Gasteiger charge is 2.35. The number of nitrogens with one attached hydrogen (secondary N) is 1. The van der Waals surface area contributed by atoms with Gasteiger partial charge in [0.1, 0.15) is 12.4 Å². The van der Waals surface area contributed by atoms with Gasteiger partial charge in [-0.25, -0.2) is 0 Å². The minimum Gasteiger partial charge on any atom is -0.489 e. The average Bonchev–Trinajstić information content (AvgIpc) is 3.08. The molecule has 0 aliphatic carbocycles. The number of likely N-dealkylation sites (tertiary alicyclic amines) is 1. The summed E-state index contributed by atoms with van der Waals surface area (Å²) in [4.78, 5) is 26.2. The molecular weight excluding hydrogens is 340 g/mol. The van der Waals surface area contributed by atoms with Crippen molar-refractivity contribution in [1.82, 2.24) is 10.2 Å². The van der Waals surface area contributed by atoms with Crippen molar-refractivity contribution in [2.45, 2.75) is 39.5 Å². The minimum absolute atomic E-state index is 0.0579. The molecule has 2 aromatic rings. The highest BCUT2D eigenvalue weighted by molar-refractivity contribution is 5.89. The standard InChI is InChI=1S/C22H26N2O3/c1-16(2)24-14-19(12-21(24)25)22(26)23-13-17-7-6-8-18(11-17)15-27-20-9-4-3-5-10-20/h3-11,16,19H,12-15H2,1-2H3,(H,23,26). The lowest BCUT2D eigenvalue weighted by Crippen LogP contribution is -2.35. The monoisotopic (exact) mass is 366 g/mol. The van der Waals surface area contributed by atoms with Crippen molar-refractivity contribution < 1.29 is 14.3 Å². The molecular formula is C22H26N2O3. The number of benzene rings is 2. The molecule has 1 atom stereocenters. The summed E-state index contributed by atoms with van der Waals surface area (Å²) in [6.45, 7) is 5.38. The first kappa shape index (κ1) is 19.0. The SMILES string of the molecule is CC(C)N1CC(C(=O)NCc2cccc(COc3ccccc3)c2)CC1=O. The number of nitrogens with zero attached hydrogens (tertiary/aromatic N) is 1. The summed E-state index contributed by atoms with van der Waals surface area (Å²) in [5.74, 6) is 0.573. The fourth-order valence-corrected chi connectivity index (χ4v) is 3.25. The van der Waals surface area contributed by atoms with E-state index in [1.54, 1.807) is 4.90 Å². The molecule has 27 heavy (non-hydrogen) atoms. The number of carbonyl (C=O) groups excluding carboxylic acids is 2. The quantitative estimate of drug-likeness (QED) is 0.819. The molecule has 1 unspecified atom stereocenters. The Labute approximate surface area is 160 Å². The number of para-hydroxylation sites is 1. The summed E-state index contributed by atoms with van der Waals surface area (Å²) in [5.41, 5.74) is 2.06. The van der Waals surface area contributed by atoms with Gasteiger partial charge in [0.05, 0.1) is 5.92 Å². The number of carbonyl (C=O) groups is 2. The molecule has 0 saturated carbocycles. The Balaban J connectivity index is 1.51. The second-order valence-electron chi connectivity index (χ2n) is 7.18. The van der Waals surface area contributed by atoms with Crippen LogP contribution in [0.1, 0.15) is 31.4 Å². The van der Waals surface area contributed by atoms with E-state index in [0.717, 1.165) is 16.9 Å². The predicted octanol–water partition coefficient (Wildman–Crippen LogP) is 3.14. The number of hydrogen-bond donors (Lipinski definition) is 1. The topological polar surface area (TPSA) is 58.6 Å². The van der Waals surface area contributed by atoms with Crippen molar-refractivity contribution in [2.75, 3.05) is 6.54 Å². The fraction of sp³-hybridized carbons (Fsp3) is 0.364. The van der Waals surface area contributed by atoms with Crippen LogP contribution in [0.2, 0.25) is 0 Å². The maximum Gasteiger partial charge on any atom is 0.225 e. The van der Waals surface area contributed by atoms with Crippen molar-refractivity contribution in [1.29, 1.82) is 0 Å². The first-order chi connectivity index (χ1) is 13.0. The van der Waals surface area contributed by atoms with Gasteiger partial charge in [0.15, 0.2) is 0 Å². The second kappa shape index (κ2) is 8.71. The van der Waals surface area contributed by atoms with Crippen LogP contribution >= 0.6 is 0 Å². The van der Waals surface area contributed by atoms with Crippen LogP contribution in [0.15, 0.2) is 54.6 Å². The van der Waals surface area contributed by atoms with Gasteiger partial charge in [-0.1, -0.05) is 42.5 Å². The van der Waals surface area contributed by atoms with E-state index in [2.05, 4.69) is 5.32 Å². The zero-order valence-electron chi connectivity index (χ0n) is 15.9. The van der Waals surface area contributed by atoms with Gasteiger partial charge < -0.3 is 15.0 Å². The Hall–Kier alpha value is -2.82. The summed E-state index contributed by atoms with van der Waals surface area (Å²) in [7, 11) is 0. The van der Waals surface area contributed by atoms with Crippen LogP contribution in [-0.2, 0) is 22.7 Å². The van der Waals surface area contributed by atoms with E-state index in [4.69, 9.17) is 4.74 Å². The Bertz CT molecular complexity index is 789. The van der Waals surface area contributed by atoms with E-state index in [1.165, 1.54) is 0 Å². The number of amides is 2. The summed E-state index contributed by atoms with van der Waals surface area (Å²) >= 11 is 0. The van der Waals surface area contributed by atoms with Crippen molar-refractivity contribution in [3.05, 3.63) is 65.7 Å². The van der Waals surface area contributed by atoms with Crippen LogP contribution in [0.4, 0.5) is 0 Å². The van der Waals surface area contributed by atoms with Crippen LogP contribution in [0.3, 0.4) is 0 Å². The van der Waals surface area contributed by atoms with Crippen molar-refractivity contribution >= 4 is 11.8 Å². The zero-order chi connectivity index (χ0) is 19.2. The Morgan fingerprint density at radius 3 is 2.59 bits per heavy atom. The van der Waals surface area contributed by atoms with Gasteiger partial charge in [-0.15, -0.1) is 0 Å². The molecule has 1 fully saturated rings. The van der Waals surface area contributed by atoms with E-state index in [-0.39, 0.29) is 23.8 Å². The third kappa shape index (κ3) is 5.09. The van der Waals surface area contributed by atoms with Gasteiger partial charge in [0.25, 0.3) is 0 Å². The van der Waals surface area contributed by atoms with Gasteiger partial charge in [-0.3, -0.25) is 9.59 Å². The van der Waals surface area contributed by atoms with Gasteiger partial charge in [-0.2, -0.15) is 0 Å². The molecule has 2 amide bonds. The third-order valence-electron chi connectivity index (χ3n) is 4.76. The summed E-state index contributed by atoms with van der Waals surface area (Å²) < 4.78 is 5.77. The predicted molar refractivity (Wildman–Crippen MR) is 104 cm³/mol. The molecule has 0 aromatic heterocycles. The number of hydrogen-bond acceptors (Lipinski definition) is 3. The first-order valence-corrected chi connectivity index (χ1v) is 9.36. The lowest BCUT2D eigenvalue weighted by atomic mass is 10.1. The molecule has 2 aromatic carbocycles. The van der Waals surface area contributed by atoms with E-state index in [0.29, 0.717) is 26.1 Å². The molecule has 1 aliphatic heterocycles. The van der Waals surface area contributed by atoms with Crippen LogP contribution in [0.5, 0.6) is 5.75 Å². The minimum atomic E-state index is -0.260. The van der Waals surface area contributed by atoms with Crippen molar-refractivity contribution in [3.8, 4) is 5.75 Å². The molecule has 3 rings (SSSR count). The summed E-state index contributed by atoms with van der Waals surface area (Å²) in [6, 6.07) is 17.8. The van der Waals surface area contributed by atoms with Crippen LogP contribution in [-0.4, -0.2) is 29.3 Å². The van der Waals surface area contributed by atoms with E-state index >= 15 is 0 Å². The van der Waals surface area contributed by atoms with Crippen LogP contribution in [0.25, 0.3) is 0 Å². The van der Waals surface area contributed by atoms with Crippen molar-refractivity contribution in [2.24, 2.45) is 5.92 Å². The smallest absolute Gasteiger partial charge is 0.225 e. The van der Waals surface area contributed by atoms with Crippen LogP contribution < -0.4 is 10.1 Å². The molecule has 0 radical (unpaired) electrons. The molecule has 5 nitrogen and oxygen atoms in total. The maximum atomic E-state index is 12.4. The lowest BCUT2D eigenvalue weighted by Gasteiger charge is -2.20. The normalized spacial score (nSPS) is 16.6. The number of rotatable bonds is 7. The Kier molecular flexibility index (Phi) is 6.12. The van der Waals surface area contributed by atoms with E-state index in [1.807, 2.05) is 68.4 Å². The fourth-order valence-electron chi connectivity index (χ4n) is 3.25.